The molecule has 4 nitrogen and oxygen atoms in total. The number of carbonyl (C=O) groups is 1. The molecule has 0 aromatic rings. The summed E-state index contributed by atoms with van der Waals surface area (Å²) >= 11 is 0. The van der Waals surface area contributed by atoms with Crippen LogP contribution in [0, 0.1) is 0 Å². The second-order valence-corrected chi connectivity index (χ2v) is 3.77. The Morgan fingerprint density at radius 1 is 1.47 bits per heavy atom. The van der Waals surface area contributed by atoms with Crippen LogP contribution in [0.2, 0.25) is 0 Å². The predicted octanol–water partition coefficient (Wildman–Crippen LogP) is 0.997. The van der Waals surface area contributed by atoms with Gasteiger partial charge in [-0.25, -0.2) is 0 Å². The highest BCUT2D eigenvalue weighted by atomic mass is 16.5. The van der Waals surface area contributed by atoms with Gasteiger partial charge in [0.25, 0.3) is 0 Å². The second-order valence-electron chi connectivity index (χ2n) is 3.77. The fraction of sp³-hybridized carbons (Fsp3) is 0.909. The van der Waals surface area contributed by atoms with Crippen LogP contribution in [0.1, 0.15) is 33.6 Å². The number of hydrogen-bond acceptors (Lipinski definition) is 3. The minimum absolute atomic E-state index is 0.0314. The van der Waals surface area contributed by atoms with E-state index in [0.717, 1.165) is 6.42 Å². The highest BCUT2D eigenvalue weighted by Gasteiger charge is 2.22. The molecule has 4 heteroatoms. The van der Waals surface area contributed by atoms with Crippen LogP contribution >= 0.6 is 0 Å². The van der Waals surface area contributed by atoms with Crippen molar-refractivity contribution in [2.24, 2.45) is 5.73 Å². The van der Waals surface area contributed by atoms with Crippen molar-refractivity contribution in [2.75, 3.05) is 20.3 Å². The van der Waals surface area contributed by atoms with E-state index in [2.05, 4.69) is 6.92 Å². The second kappa shape index (κ2) is 7.65. The molecule has 0 saturated heterocycles. The quantitative estimate of drug-likeness (QED) is 0.690. The molecule has 0 aliphatic heterocycles. The lowest BCUT2D eigenvalue weighted by Crippen LogP contribution is -2.47. The minimum Gasteiger partial charge on any atom is -0.385 e. The van der Waals surface area contributed by atoms with E-state index in [1.54, 1.807) is 7.11 Å². The van der Waals surface area contributed by atoms with Crippen LogP contribution in [0.25, 0.3) is 0 Å². The summed E-state index contributed by atoms with van der Waals surface area (Å²) in [5.41, 5.74) is 5.80. The van der Waals surface area contributed by atoms with Crippen LogP contribution in [-0.2, 0) is 9.53 Å². The first-order valence-corrected chi connectivity index (χ1v) is 5.63. The molecule has 0 bridgehead atoms. The Kier molecular flexibility index (Phi) is 7.34. The van der Waals surface area contributed by atoms with E-state index in [1.165, 1.54) is 0 Å². The van der Waals surface area contributed by atoms with Gasteiger partial charge in [-0.05, 0) is 26.7 Å². The first-order valence-electron chi connectivity index (χ1n) is 5.63. The number of likely N-dealkylation sites (N-methyl/N-ethyl adjacent to an activating group) is 1. The van der Waals surface area contributed by atoms with Crippen molar-refractivity contribution in [1.82, 2.24) is 4.90 Å². The normalized spacial score (nSPS) is 14.7. The predicted molar refractivity (Wildman–Crippen MR) is 61.6 cm³/mol. The van der Waals surface area contributed by atoms with Gasteiger partial charge in [-0.3, -0.25) is 4.79 Å². The Morgan fingerprint density at radius 3 is 2.47 bits per heavy atom. The van der Waals surface area contributed by atoms with Gasteiger partial charge in [0.15, 0.2) is 0 Å². The number of hydrogen-bond donors (Lipinski definition) is 1. The summed E-state index contributed by atoms with van der Waals surface area (Å²) in [5.74, 6) is 0.0314. The van der Waals surface area contributed by atoms with Crippen LogP contribution in [0.5, 0.6) is 0 Å². The van der Waals surface area contributed by atoms with Crippen molar-refractivity contribution < 1.29 is 9.53 Å². The maximum absolute atomic E-state index is 11.9. The zero-order valence-electron chi connectivity index (χ0n) is 10.3. The van der Waals surface area contributed by atoms with Crippen LogP contribution in [0.15, 0.2) is 0 Å². The largest absolute Gasteiger partial charge is 0.385 e. The van der Waals surface area contributed by atoms with E-state index in [4.69, 9.17) is 10.5 Å². The smallest absolute Gasteiger partial charge is 0.239 e. The number of methoxy groups -OCH3 is 1. The van der Waals surface area contributed by atoms with E-state index in [0.29, 0.717) is 19.6 Å². The van der Waals surface area contributed by atoms with E-state index in [-0.39, 0.29) is 11.9 Å². The van der Waals surface area contributed by atoms with Gasteiger partial charge in [0, 0.05) is 26.3 Å². The molecule has 0 radical (unpaired) electrons. The summed E-state index contributed by atoms with van der Waals surface area (Å²) in [4.78, 5) is 13.8. The molecular formula is C11H24N2O2. The number of nitrogens with two attached hydrogens (primary N) is 1. The monoisotopic (exact) mass is 216 g/mol. The molecule has 0 spiro atoms. The number of amides is 1. The average molecular weight is 216 g/mol. The summed E-state index contributed by atoms with van der Waals surface area (Å²) in [6, 6.07) is -0.171. The summed E-state index contributed by atoms with van der Waals surface area (Å²) in [7, 11) is 1.61. The topological polar surface area (TPSA) is 55.6 Å². The molecule has 0 fully saturated rings. The molecule has 0 heterocycles. The van der Waals surface area contributed by atoms with Crippen molar-refractivity contribution >= 4 is 5.91 Å². The first-order chi connectivity index (χ1) is 7.08. The van der Waals surface area contributed by atoms with Crippen molar-refractivity contribution in [2.45, 2.75) is 45.7 Å². The molecule has 90 valence electrons. The molecule has 1 amide bonds. The minimum atomic E-state index is -0.432. The lowest BCUT2D eigenvalue weighted by molar-refractivity contribution is -0.134. The molecule has 15 heavy (non-hydrogen) atoms. The highest BCUT2D eigenvalue weighted by molar-refractivity contribution is 5.81. The maximum atomic E-state index is 11.9. The average Bonchev–Trinajstić information content (AvgIpc) is 2.26. The highest BCUT2D eigenvalue weighted by Crippen LogP contribution is 2.06. The summed E-state index contributed by atoms with van der Waals surface area (Å²) in [5, 5.41) is 0. The summed E-state index contributed by atoms with van der Waals surface area (Å²) in [6.45, 7) is 7.35. The Balaban J connectivity index is 4.24. The van der Waals surface area contributed by atoms with Gasteiger partial charge in [-0.1, -0.05) is 6.92 Å². The van der Waals surface area contributed by atoms with Crippen molar-refractivity contribution in [3.05, 3.63) is 0 Å². The summed E-state index contributed by atoms with van der Waals surface area (Å²) in [6.07, 6.45) is 1.54. The molecule has 0 aliphatic carbocycles. The third-order valence-corrected chi connectivity index (χ3v) is 2.70. The Morgan fingerprint density at radius 2 is 2.07 bits per heavy atom. The Hall–Kier alpha value is -0.610. The van der Waals surface area contributed by atoms with Gasteiger partial charge in [-0.15, -0.1) is 0 Å². The molecule has 0 rings (SSSR count). The number of ether oxygens (including phenoxy) is 1. The third kappa shape index (κ3) is 4.62. The van der Waals surface area contributed by atoms with E-state index >= 15 is 0 Å². The Bertz CT molecular complexity index is 185. The van der Waals surface area contributed by atoms with Crippen molar-refractivity contribution in [3.63, 3.8) is 0 Å². The van der Waals surface area contributed by atoms with Crippen molar-refractivity contribution in [3.8, 4) is 0 Å². The molecular weight excluding hydrogens is 192 g/mol. The van der Waals surface area contributed by atoms with Gasteiger partial charge < -0.3 is 15.4 Å². The molecule has 0 aromatic heterocycles. The van der Waals surface area contributed by atoms with Gasteiger partial charge in [-0.2, -0.15) is 0 Å². The van der Waals surface area contributed by atoms with Crippen molar-refractivity contribution in [1.29, 1.82) is 0 Å². The van der Waals surface area contributed by atoms with Crippen LogP contribution in [0.4, 0.5) is 0 Å². The molecule has 2 N–H and O–H groups in total. The number of carbonyl (C=O) groups excluding carboxylic acids is 1. The standard InChI is InChI=1S/C11H24N2O2/c1-5-9(3)13(6-2)11(14)10(12)7-8-15-4/h9-10H,5-8,12H2,1-4H3. The summed E-state index contributed by atoms with van der Waals surface area (Å²) < 4.78 is 4.91. The van der Waals surface area contributed by atoms with Crippen LogP contribution in [0.3, 0.4) is 0 Å². The zero-order valence-corrected chi connectivity index (χ0v) is 10.3. The fourth-order valence-electron chi connectivity index (χ4n) is 1.49. The molecule has 0 aliphatic rings. The van der Waals surface area contributed by atoms with E-state index < -0.39 is 6.04 Å². The van der Waals surface area contributed by atoms with Gasteiger partial charge in [0.05, 0.1) is 6.04 Å². The molecule has 0 saturated carbocycles. The van der Waals surface area contributed by atoms with Gasteiger partial charge in [0.2, 0.25) is 5.91 Å². The van der Waals surface area contributed by atoms with Gasteiger partial charge in [0.1, 0.15) is 0 Å². The first kappa shape index (κ1) is 14.4. The lowest BCUT2D eigenvalue weighted by Gasteiger charge is -2.29. The SMILES string of the molecule is CCC(C)N(CC)C(=O)C(N)CCOC. The van der Waals surface area contributed by atoms with E-state index in [9.17, 15) is 4.79 Å². The molecule has 2 unspecified atom stereocenters. The number of nitrogens with zero attached hydrogens (tertiary/aromatic N) is 1. The third-order valence-electron chi connectivity index (χ3n) is 2.70. The van der Waals surface area contributed by atoms with Crippen LogP contribution < -0.4 is 5.73 Å². The fourth-order valence-corrected chi connectivity index (χ4v) is 1.49. The molecule has 2 atom stereocenters. The zero-order chi connectivity index (χ0) is 11.8. The maximum Gasteiger partial charge on any atom is 0.239 e. The molecule has 0 aromatic carbocycles. The lowest BCUT2D eigenvalue weighted by atomic mass is 10.1. The Labute approximate surface area is 92.8 Å². The van der Waals surface area contributed by atoms with E-state index in [1.807, 2.05) is 18.7 Å². The van der Waals surface area contributed by atoms with Crippen LogP contribution in [-0.4, -0.2) is 43.2 Å². The van der Waals surface area contributed by atoms with Gasteiger partial charge >= 0.3 is 0 Å². The number of rotatable bonds is 7.